The maximum absolute atomic E-state index is 14.7. The van der Waals surface area contributed by atoms with Gasteiger partial charge in [0.05, 0.1) is 39.0 Å². The Morgan fingerprint density at radius 2 is 1.30 bits per heavy atom. The molecule has 0 aromatic heterocycles. The van der Waals surface area contributed by atoms with E-state index in [1.807, 2.05) is 102 Å². The van der Waals surface area contributed by atoms with Crippen LogP contribution in [0.1, 0.15) is 33.4 Å². The van der Waals surface area contributed by atoms with Gasteiger partial charge < -0.3 is 24.0 Å². The zero-order valence-electron chi connectivity index (χ0n) is 24.6. The fourth-order valence-electron chi connectivity index (χ4n) is 6.23. The first-order chi connectivity index (χ1) is 21.0. The average molecular weight is 578 g/mol. The molecule has 4 aromatic rings. The molecule has 0 spiro atoms. The summed E-state index contributed by atoms with van der Waals surface area (Å²) in [7, 11) is 4.91. The Labute approximate surface area is 252 Å². The van der Waals surface area contributed by atoms with Gasteiger partial charge in [0, 0.05) is 37.4 Å². The minimum Gasteiger partial charge on any atom is -0.497 e. The molecule has 2 aliphatic rings. The zero-order chi connectivity index (χ0) is 29.9. The number of rotatable bonds is 7. The Balaban J connectivity index is 1.40. The van der Waals surface area contributed by atoms with Crippen molar-refractivity contribution in [2.45, 2.75) is 12.0 Å². The standard InChI is InChI=1S/C35H35N3O5/c1-41-26-16-12-24(13-17-26)33-32(35(40)37-22-20-36(21-23-37)30-10-6-7-11-31(30)43-3)28-8-4-5-9-29(28)34(39)38(33)25-14-18-27(42-2)19-15-25/h4-19,32-33H,20-23H2,1-3H3/t32-,33-/m1/s1. The summed E-state index contributed by atoms with van der Waals surface area (Å²) < 4.78 is 16.4. The number of carbonyl (C=O) groups is 2. The molecule has 8 nitrogen and oxygen atoms in total. The van der Waals surface area contributed by atoms with Crippen LogP contribution >= 0.6 is 0 Å². The van der Waals surface area contributed by atoms with Crippen LogP contribution in [0.3, 0.4) is 0 Å². The molecule has 2 heterocycles. The Hall–Kier alpha value is -4.98. The molecule has 0 aliphatic carbocycles. The third-order valence-electron chi connectivity index (χ3n) is 8.43. The van der Waals surface area contributed by atoms with E-state index < -0.39 is 12.0 Å². The zero-order valence-corrected chi connectivity index (χ0v) is 24.6. The van der Waals surface area contributed by atoms with Gasteiger partial charge in [-0.1, -0.05) is 42.5 Å². The summed E-state index contributed by atoms with van der Waals surface area (Å²) in [5.74, 6) is 1.46. The van der Waals surface area contributed by atoms with E-state index in [1.165, 1.54) is 0 Å². The van der Waals surface area contributed by atoms with Gasteiger partial charge >= 0.3 is 0 Å². The van der Waals surface area contributed by atoms with Crippen molar-refractivity contribution in [2.75, 3.05) is 57.3 Å². The number of hydrogen-bond acceptors (Lipinski definition) is 6. The highest BCUT2D eigenvalue weighted by atomic mass is 16.5. The lowest BCUT2D eigenvalue weighted by molar-refractivity contribution is -0.133. The summed E-state index contributed by atoms with van der Waals surface area (Å²) in [6.45, 7) is 2.46. The van der Waals surface area contributed by atoms with Crippen molar-refractivity contribution in [1.29, 1.82) is 0 Å². The molecule has 220 valence electrons. The second-order valence-corrected chi connectivity index (χ2v) is 10.6. The van der Waals surface area contributed by atoms with Crippen LogP contribution in [0.5, 0.6) is 17.2 Å². The molecular formula is C35H35N3O5. The van der Waals surface area contributed by atoms with Crippen LogP contribution in [0.15, 0.2) is 97.1 Å². The SMILES string of the molecule is COc1ccc([C@@H]2[C@H](C(=O)N3CCN(c4ccccc4OC)CC3)c3ccccc3C(=O)N2c2ccc(OC)cc2)cc1. The van der Waals surface area contributed by atoms with E-state index in [4.69, 9.17) is 14.2 Å². The van der Waals surface area contributed by atoms with Crippen LogP contribution < -0.4 is 24.0 Å². The second kappa shape index (κ2) is 12.1. The van der Waals surface area contributed by atoms with E-state index in [0.29, 0.717) is 48.9 Å². The maximum atomic E-state index is 14.7. The Kier molecular flexibility index (Phi) is 7.92. The van der Waals surface area contributed by atoms with Gasteiger partial charge in [-0.2, -0.15) is 0 Å². The molecule has 0 radical (unpaired) electrons. The van der Waals surface area contributed by atoms with Crippen LogP contribution in [0.25, 0.3) is 0 Å². The lowest BCUT2D eigenvalue weighted by Gasteiger charge is -2.45. The van der Waals surface area contributed by atoms with E-state index in [0.717, 1.165) is 22.6 Å². The largest absolute Gasteiger partial charge is 0.497 e. The first-order valence-corrected chi connectivity index (χ1v) is 14.4. The van der Waals surface area contributed by atoms with Crippen molar-refractivity contribution in [3.05, 3.63) is 114 Å². The van der Waals surface area contributed by atoms with E-state index >= 15 is 0 Å². The lowest BCUT2D eigenvalue weighted by atomic mass is 9.78. The van der Waals surface area contributed by atoms with Crippen LogP contribution in [-0.4, -0.2) is 64.2 Å². The minimum absolute atomic E-state index is 0.000966. The van der Waals surface area contributed by atoms with Crippen LogP contribution in [0.4, 0.5) is 11.4 Å². The molecule has 1 fully saturated rings. The van der Waals surface area contributed by atoms with Crippen molar-refractivity contribution in [2.24, 2.45) is 0 Å². The summed E-state index contributed by atoms with van der Waals surface area (Å²) >= 11 is 0. The van der Waals surface area contributed by atoms with Gasteiger partial charge in [0.1, 0.15) is 17.2 Å². The first-order valence-electron chi connectivity index (χ1n) is 14.4. The quantitative estimate of drug-likeness (QED) is 0.287. The van der Waals surface area contributed by atoms with E-state index in [-0.39, 0.29) is 11.8 Å². The van der Waals surface area contributed by atoms with Gasteiger partial charge in [-0.25, -0.2) is 0 Å². The number of benzene rings is 4. The fourth-order valence-corrected chi connectivity index (χ4v) is 6.23. The predicted octanol–water partition coefficient (Wildman–Crippen LogP) is 5.55. The third-order valence-corrected chi connectivity index (χ3v) is 8.43. The second-order valence-electron chi connectivity index (χ2n) is 10.6. The summed E-state index contributed by atoms with van der Waals surface area (Å²) in [6, 6.07) is 29.9. The molecule has 0 unspecified atom stereocenters. The van der Waals surface area contributed by atoms with Gasteiger partial charge in [0.15, 0.2) is 0 Å². The van der Waals surface area contributed by atoms with Gasteiger partial charge in [-0.05, 0) is 65.7 Å². The van der Waals surface area contributed by atoms with Gasteiger partial charge in [-0.3, -0.25) is 14.5 Å². The average Bonchev–Trinajstić information content (AvgIpc) is 3.08. The number of methoxy groups -OCH3 is 3. The van der Waals surface area contributed by atoms with Crippen LogP contribution in [0, 0.1) is 0 Å². The molecule has 43 heavy (non-hydrogen) atoms. The molecule has 2 aliphatic heterocycles. The van der Waals surface area contributed by atoms with Gasteiger partial charge in [0.25, 0.3) is 5.91 Å². The van der Waals surface area contributed by atoms with Crippen LogP contribution in [0.2, 0.25) is 0 Å². The molecule has 0 saturated carbocycles. The van der Waals surface area contributed by atoms with Gasteiger partial charge in [-0.15, -0.1) is 0 Å². The maximum Gasteiger partial charge on any atom is 0.259 e. The van der Waals surface area contributed by atoms with Crippen molar-refractivity contribution in [3.63, 3.8) is 0 Å². The highest BCUT2D eigenvalue weighted by Crippen LogP contribution is 2.46. The van der Waals surface area contributed by atoms with E-state index in [1.54, 1.807) is 26.2 Å². The summed E-state index contributed by atoms with van der Waals surface area (Å²) in [6.07, 6.45) is 0. The topological polar surface area (TPSA) is 71.6 Å². The predicted molar refractivity (Wildman–Crippen MR) is 167 cm³/mol. The number of amides is 2. The molecular weight excluding hydrogens is 542 g/mol. The highest BCUT2D eigenvalue weighted by Gasteiger charge is 2.46. The molecule has 2 amide bonds. The molecule has 0 N–H and O–H groups in total. The Bertz CT molecular complexity index is 1600. The Morgan fingerprint density at radius 3 is 1.95 bits per heavy atom. The third kappa shape index (κ3) is 5.25. The first kappa shape index (κ1) is 28.2. The molecule has 8 heteroatoms. The smallest absolute Gasteiger partial charge is 0.259 e. The number of fused-ring (bicyclic) bond motifs is 1. The summed E-state index contributed by atoms with van der Waals surface area (Å²) in [5.41, 5.74) is 3.85. The Morgan fingerprint density at radius 1 is 0.698 bits per heavy atom. The minimum atomic E-state index is -0.609. The van der Waals surface area contributed by atoms with E-state index in [2.05, 4.69) is 4.90 Å². The summed E-state index contributed by atoms with van der Waals surface area (Å²) in [4.78, 5) is 34.8. The fraction of sp³-hybridized carbons (Fsp3) is 0.257. The number of carbonyl (C=O) groups excluding carboxylic acids is 2. The lowest BCUT2D eigenvalue weighted by Crippen LogP contribution is -2.53. The number of nitrogens with zero attached hydrogens (tertiary/aromatic N) is 3. The summed E-state index contributed by atoms with van der Waals surface area (Å²) in [5, 5.41) is 0. The normalized spacial score (nSPS) is 18.2. The number of ether oxygens (including phenoxy) is 3. The highest BCUT2D eigenvalue weighted by molar-refractivity contribution is 6.11. The van der Waals surface area contributed by atoms with Crippen molar-refractivity contribution in [1.82, 2.24) is 4.90 Å². The number of piperazine rings is 1. The molecule has 4 aromatic carbocycles. The van der Waals surface area contributed by atoms with Crippen LogP contribution in [-0.2, 0) is 4.79 Å². The van der Waals surface area contributed by atoms with Crippen molar-refractivity contribution < 1.29 is 23.8 Å². The van der Waals surface area contributed by atoms with E-state index in [9.17, 15) is 9.59 Å². The van der Waals surface area contributed by atoms with Gasteiger partial charge in [0.2, 0.25) is 5.91 Å². The molecule has 0 bridgehead atoms. The molecule has 2 atom stereocenters. The number of para-hydroxylation sites is 2. The number of anilines is 2. The molecule has 6 rings (SSSR count). The monoisotopic (exact) mass is 577 g/mol. The van der Waals surface area contributed by atoms with Crippen molar-refractivity contribution >= 4 is 23.2 Å². The van der Waals surface area contributed by atoms with Crippen molar-refractivity contribution in [3.8, 4) is 17.2 Å². The number of hydrogen-bond donors (Lipinski definition) is 0. The molecule has 1 saturated heterocycles.